The highest BCUT2D eigenvalue weighted by atomic mass is 16.6. The van der Waals surface area contributed by atoms with Gasteiger partial charge in [0.15, 0.2) is 0 Å². The number of amides is 1. The molecule has 0 radical (unpaired) electrons. The van der Waals surface area contributed by atoms with E-state index in [1.165, 1.54) is 7.11 Å². The van der Waals surface area contributed by atoms with Crippen molar-refractivity contribution in [2.24, 2.45) is 5.11 Å². The molecule has 0 aliphatic heterocycles. The van der Waals surface area contributed by atoms with E-state index in [4.69, 9.17) is 10.3 Å². The van der Waals surface area contributed by atoms with Crippen LogP contribution in [0.15, 0.2) is 35.4 Å². The second-order valence-corrected chi connectivity index (χ2v) is 3.70. The minimum atomic E-state index is -1.07. The van der Waals surface area contributed by atoms with Gasteiger partial charge < -0.3 is 14.8 Å². The fraction of sp³-hybridized carbons (Fsp3) is 0.333. The summed E-state index contributed by atoms with van der Waals surface area (Å²) in [5.74, 6) is -0.714. The zero-order valence-electron chi connectivity index (χ0n) is 10.9. The Kier molecular flexibility index (Phi) is 6.43. The van der Waals surface area contributed by atoms with Gasteiger partial charge in [0, 0.05) is 4.91 Å². The van der Waals surface area contributed by atoms with E-state index in [1.54, 1.807) is 12.1 Å². The third-order valence-electron chi connectivity index (χ3n) is 2.32. The normalized spacial score (nSPS) is 10.8. The van der Waals surface area contributed by atoms with E-state index in [1.807, 2.05) is 18.2 Å². The molecule has 0 spiro atoms. The second kappa shape index (κ2) is 8.39. The van der Waals surface area contributed by atoms with Crippen LogP contribution in [0.4, 0.5) is 4.79 Å². The number of nitrogens with zero attached hydrogens (tertiary/aromatic N) is 3. The first-order chi connectivity index (χ1) is 9.67. The topological polar surface area (TPSA) is 113 Å². The maximum atomic E-state index is 11.5. The number of esters is 1. The van der Waals surface area contributed by atoms with E-state index < -0.39 is 18.1 Å². The molecular weight excluding hydrogens is 264 g/mol. The molecule has 0 saturated carbocycles. The van der Waals surface area contributed by atoms with E-state index in [2.05, 4.69) is 20.1 Å². The molecule has 106 valence electrons. The number of benzene rings is 1. The maximum absolute atomic E-state index is 11.5. The van der Waals surface area contributed by atoms with Crippen molar-refractivity contribution in [1.29, 1.82) is 0 Å². The number of nitrogens with one attached hydrogen (secondary N) is 1. The quantitative estimate of drug-likeness (QED) is 0.369. The number of hydrogen-bond acceptors (Lipinski definition) is 5. The Bertz CT molecular complexity index is 499. The van der Waals surface area contributed by atoms with Gasteiger partial charge in [0.2, 0.25) is 0 Å². The molecule has 0 aliphatic rings. The molecule has 20 heavy (non-hydrogen) atoms. The average Bonchev–Trinajstić information content (AvgIpc) is 2.49. The SMILES string of the molecule is COC(=O)[C@H](CN=[N+]=[N-])NC(=O)OCc1ccccc1. The summed E-state index contributed by atoms with van der Waals surface area (Å²) in [5, 5.41) is 5.49. The second-order valence-electron chi connectivity index (χ2n) is 3.70. The first-order valence-electron chi connectivity index (χ1n) is 5.73. The molecule has 0 aromatic heterocycles. The number of alkyl carbamates (subject to hydrolysis) is 1. The Labute approximate surface area is 115 Å². The lowest BCUT2D eigenvalue weighted by atomic mass is 10.2. The van der Waals surface area contributed by atoms with Gasteiger partial charge in [0.25, 0.3) is 0 Å². The molecule has 8 nitrogen and oxygen atoms in total. The van der Waals surface area contributed by atoms with Crippen molar-refractivity contribution in [3.05, 3.63) is 46.3 Å². The van der Waals surface area contributed by atoms with Crippen LogP contribution < -0.4 is 5.32 Å². The van der Waals surface area contributed by atoms with Crippen molar-refractivity contribution >= 4 is 12.1 Å². The van der Waals surface area contributed by atoms with Crippen LogP contribution in [0.2, 0.25) is 0 Å². The van der Waals surface area contributed by atoms with E-state index in [0.29, 0.717) is 0 Å². The average molecular weight is 278 g/mol. The summed E-state index contributed by atoms with van der Waals surface area (Å²) >= 11 is 0. The van der Waals surface area contributed by atoms with Crippen LogP contribution in [0.5, 0.6) is 0 Å². The molecule has 8 heteroatoms. The highest BCUT2D eigenvalue weighted by Gasteiger charge is 2.21. The van der Waals surface area contributed by atoms with Crippen LogP contribution in [0.25, 0.3) is 10.4 Å². The van der Waals surface area contributed by atoms with E-state index in [-0.39, 0.29) is 13.2 Å². The molecule has 0 fully saturated rings. The lowest BCUT2D eigenvalue weighted by Gasteiger charge is -2.14. The monoisotopic (exact) mass is 278 g/mol. The molecule has 0 heterocycles. The first-order valence-corrected chi connectivity index (χ1v) is 5.73. The van der Waals surface area contributed by atoms with Crippen molar-refractivity contribution in [3.63, 3.8) is 0 Å². The molecule has 0 aliphatic carbocycles. The summed E-state index contributed by atoms with van der Waals surface area (Å²) in [6.07, 6.45) is -0.794. The largest absolute Gasteiger partial charge is 0.467 e. The predicted molar refractivity (Wildman–Crippen MR) is 69.6 cm³/mol. The van der Waals surface area contributed by atoms with Crippen LogP contribution in [0, 0.1) is 0 Å². The number of azide groups is 1. The van der Waals surface area contributed by atoms with Crippen molar-refractivity contribution < 1.29 is 19.1 Å². The summed E-state index contributed by atoms with van der Waals surface area (Å²) in [6, 6.07) is 8.00. The van der Waals surface area contributed by atoms with Crippen molar-refractivity contribution in [3.8, 4) is 0 Å². The van der Waals surface area contributed by atoms with Crippen LogP contribution in [0.3, 0.4) is 0 Å². The summed E-state index contributed by atoms with van der Waals surface area (Å²) in [4.78, 5) is 25.4. The molecule has 0 bridgehead atoms. The summed E-state index contributed by atoms with van der Waals surface area (Å²) in [5.41, 5.74) is 9.03. The Hall–Kier alpha value is -2.73. The van der Waals surface area contributed by atoms with Gasteiger partial charge in [0.05, 0.1) is 13.7 Å². The Balaban J connectivity index is 2.49. The smallest absolute Gasteiger partial charge is 0.408 e. The maximum Gasteiger partial charge on any atom is 0.408 e. The van der Waals surface area contributed by atoms with Crippen LogP contribution in [-0.4, -0.2) is 31.8 Å². The van der Waals surface area contributed by atoms with Crippen LogP contribution >= 0.6 is 0 Å². The number of hydrogen-bond donors (Lipinski definition) is 1. The molecule has 1 rings (SSSR count). The molecule has 0 unspecified atom stereocenters. The van der Waals surface area contributed by atoms with Gasteiger partial charge >= 0.3 is 12.1 Å². The molecule has 1 atom stereocenters. The summed E-state index contributed by atoms with van der Waals surface area (Å²) in [6.45, 7) is -0.175. The lowest BCUT2D eigenvalue weighted by Crippen LogP contribution is -2.43. The number of rotatable bonds is 6. The highest BCUT2D eigenvalue weighted by Crippen LogP contribution is 2.01. The van der Waals surface area contributed by atoms with Gasteiger partial charge in [-0.1, -0.05) is 35.4 Å². The molecular formula is C12H14N4O4. The Morgan fingerprint density at radius 2 is 2.10 bits per heavy atom. The third kappa shape index (κ3) is 5.28. The molecule has 1 N–H and O–H groups in total. The first kappa shape index (κ1) is 15.3. The highest BCUT2D eigenvalue weighted by molar-refractivity contribution is 5.81. The van der Waals surface area contributed by atoms with Gasteiger partial charge in [-0.3, -0.25) is 0 Å². The third-order valence-corrected chi connectivity index (χ3v) is 2.32. The van der Waals surface area contributed by atoms with Crippen LogP contribution in [-0.2, 0) is 20.9 Å². The number of carbonyl (C=O) groups excluding carboxylic acids is 2. The zero-order chi connectivity index (χ0) is 14.8. The Morgan fingerprint density at radius 3 is 2.70 bits per heavy atom. The molecule has 1 aromatic carbocycles. The van der Waals surface area contributed by atoms with E-state index in [0.717, 1.165) is 5.56 Å². The molecule has 1 amide bonds. The van der Waals surface area contributed by atoms with Crippen molar-refractivity contribution in [2.45, 2.75) is 12.6 Å². The minimum absolute atomic E-state index is 0.0715. The summed E-state index contributed by atoms with van der Waals surface area (Å²) in [7, 11) is 1.17. The van der Waals surface area contributed by atoms with Crippen LogP contribution in [0.1, 0.15) is 5.56 Å². The van der Waals surface area contributed by atoms with Gasteiger partial charge in [-0.05, 0) is 11.1 Å². The van der Waals surface area contributed by atoms with Crippen molar-refractivity contribution in [1.82, 2.24) is 5.32 Å². The number of carbonyl (C=O) groups is 2. The summed E-state index contributed by atoms with van der Waals surface area (Å²) < 4.78 is 9.42. The Morgan fingerprint density at radius 1 is 1.40 bits per heavy atom. The number of methoxy groups -OCH3 is 1. The zero-order valence-corrected chi connectivity index (χ0v) is 10.9. The molecule has 1 aromatic rings. The molecule has 0 saturated heterocycles. The fourth-order valence-electron chi connectivity index (χ4n) is 1.35. The minimum Gasteiger partial charge on any atom is -0.467 e. The van der Waals surface area contributed by atoms with E-state index in [9.17, 15) is 9.59 Å². The van der Waals surface area contributed by atoms with Crippen molar-refractivity contribution in [2.75, 3.05) is 13.7 Å². The predicted octanol–water partition coefficient (Wildman–Crippen LogP) is 1.76. The number of ether oxygens (including phenoxy) is 2. The van der Waals surface area contributed by atoms with Gasteiger partial charge in [-0.2, -0.15) is 0 Å². The van der Waals surface area contributed by atoms with Gasteiger partial charge in [-0.25, -0.2) is 9.59 Å². The van der Waals surface area contributed by atoms with Gasteiger partial charge in [0.1, 0.15) is 12.6 Å². The lowest BCUT2D eigenvalue weighted by molar-refractivity contribution is -0.142. The van der Waals surface area contributed by atoms with Gasteiger partial charge in [-0.15, -0.1) is 0 Å². The van der Waals surface area contributed by atoms with E-state index >= 15 is 0 Å². The standard InChI is InChI=1S/C12H14N4O4/c1-19-11(17)10(7-14-16-13)15-12(18)20-8-9-5-3-2-4-6-9/h2-6,10H,7-8H2,1H3,(H,15,18)/t10-/m0/s1. The fourth-order valence-corrected chi connectivity index (χ4v) is 1.35.